The Bertz CT molecular complexity index is 371. The minimum Gasteiger partial charge on any atom is -0.494 e. The van der Waals surface area contributed by atoms with E-state index in [-0.39, 0.29) is 0 Å². The van der Waals surface area contributed by atoms with Crippen molar-refractivity contribution in [3.8, 4) is 0 Å². The minimum atomic E-state index is 0.663. The first-order valence-corrected chi connectivity index (χ1v) is 6.31. The molecule has 17 heavy (non-hydrogen) atoms. The van der Waals surface area contributed by atoms with Crippen LogP contribution in [0.15, 0.2) is 24.8 Å². The van der Waals surface area contributed by atoms with Crippen LogP contribution in [0.25, 0.3) is 5.76 Å². The number of aryl methyl sites for hydroxylation is 1. The van der Waals surface area contributed by atoms with Crippen LogP contribution in [0.5, 0.6) is 0 Å². The average molecular weight is 233 g/mol. The van der Waals surface area contributed by atoms with E-state index >= 15 is 0 Å². The Morgan fingerprint density at radius 3 is 2.76 bits per heavy atom. The van der Waals surface area contributed by atoms with Gasteiger partial charge in [0.05, 0.1) is 6.61 Å². The van der Waals surface area contributed by atoms with Crippen LogP contribution in [0, 0.1) is 6.92 Å². The maximum absolute atomic E-state index is 5.47. The van der Waals surface area contributed by atoms with Gasteiger partial charge in [0.1, 0.15) is 5.76 Å². The minimum absolute atomic E-state index is 0.663. The van der Waals surface area contributed by atoms with Crippen LogP contribution < -0.4 is 5.32 Å². The fourth-order valence-electron chi connectivity index (χ4n) is 1.74. The zero-order valence-corrected chi connectivity index (χ0v) is 11.2. The topological polar surface area (TPSA) is 21.3 Å². The van der Waals surface area contributed by atoms with Crippen LogP contribution in [0.1, 0.15) is 37.0 Å². The lowest BCUT2D eigenvalue weighted by Gasteiger charge is -2.12. The van der Waals surface area contributed by atoms with Gasteiger partial charge in [-0.25, -0.2) is 0 Å². The zero-order valence-electron chi connectivity index (χ0n) is 11.2. The molecule has 0 aliphatic carbocycles. The molecule has 2 nitrogen and oxygen atoms in total. The molecule has 0 spiro atoms. The predicted molar refractivity (Wildman–Crippen MR) is 73.8 cm³/mol. The van der Waals surface area contributed by atoms with E-state index in [2.05, 4.69) is 43.9 Å². The van der Waals surface area contributed by atoms with Gasteiger partial charge in [0.2, 0.25) is 0 Å². The van der Waals surface area contributed by atoms with Crippen LogP contribution in [-0.4, -0.2) is 13.2 Å². The van der Waals surface area contributed by atoms with Crippen molar-refractivity contribution in [3.05, 3.63) is 41.5 Å². The Kier molecular flexibility index (Phi) is 5.78. The Morgan fingerprint density at radius 2 is 2.12 bits per heavy atom. The molecule has 0 aliphatic heterocycles. The lowest BCUT2D eigenvalue weighted by atomic mass is 10.0. The molecule has 0 unspecified atom stereocenters. The highest BCUT2D eigenvalue weighted by Crippen LogP contribution is 2.20. The summed E-state index contributed by atoms with van der Waals surface area (Å²) >= 11 is 0. The summed E-state index contributed by atoms with van der Waals surface area (Å²) in [5, 5.41) is 3.40. The first-order valence-electron chi connectivity index (χ1n) is 6.31. The molecule has 0 atom stereocenters. The van der Waals surface area contributed by atoms with Crippen LogP contribution in [0.3, 0.4) is 0 Å². The molecular formula is C15H23NO. The summed E-state index contributed by atoms with van der Waals surface area (Å²) in [5.41, 5.74) is 3.60. The largest absolute Gasteiger partial charge is 0.494 e. The molecule has 0 amide bonds. The highest BCUT2D eigenvalue weighted by atomic mass is 16.5. The molecule has 0 aromatic heterocycles. The molecule has 0 fully saturated rings. The van der Waals surface area contributed by atoms with Gasteiger partial charge in [-0.3, -0.25) is 0 Å². The Hall–Kier alpha value is -1.28. The van der Waals surface area contributed by atoms with E-state index in [1.807, 2.05) is 6.92 Å². The molecular weight excluding hydrogens is 210 g/mol. The Morgan fingerprint density at radius 1 is 1.35 bits per heavy atom. The van der Waals surface area contributed by atoms with Gasteiger partial charge in [-0.05, 0) is 44.0 Å². The molecule has 2 heteroatoms. The second-order valence-corrected chi connectivity index (χ2v) is 4.18. The molecule has 1 N–H and O–H groups in total. The summed E-state index contributed by atoms with van der Waals surface area (Å²) in [6.45, 7) is 12.8. The summed E-state index contributed by atoms with van der Waals surface area (Å²) in [5.74, 6) is 0.766. The first kappa shape index (κ1) is 13.8. The number of benzene rings is 1. The maximum Gasteiger partial charge on any atom is 0.119 e. The van der Waals surface area contributed by atoms with Crippen molar-refractivity contribution in [3.63, 3.8) is 0 Å². The van der Waals surface area contributed by atoms with Gasteiger partial charge in [0.25, 0.3) is 0 Å². The molecule has 0 aliphatic rings. The van der Waals surface area contributed by atoms with E-state index in [1.165, 1.54) is 11.1 Å². The third-order valence-electron chi connectivity index (χ3n) is 2.68. The van der Waals surface area contributed by atoms with Crippen LogP contribution in [0.4, 0.5) is 0 Å². The van der Waals surface area contributed by atoms with Gasteiger partial charge < -0.3 is 10.1 Å². The highest BCUT2D eigenvalue weighted by Gasteiger charge is 2.05. The number of ether oxygens (including phenoxy) is 1. The van der Waals surface area contributed by atoms with Crippen molar-refractivity contribution >= 4 is 5.76 Å². The smallest absolute Gasteiger partial charge is 0.119 e. The lowest BCUT2D eigenvalue weighted by molar-refractivity contribution is 0.299. The van der Waals surface area contributed by atoms with E-state index in [0.717, 1.165) is 30.8 Å². The second-order valence-electron chi connectivity index (χ2n) is 4.18. The second kappa shape index (κ2) is 7.13. The molecule has 1 aromatic rings. The van der Waals surface area contributed by atoms with E-state index in [4.69, 9.17) is 4.74 Å². The van der Waals surface area contributed by atoms with Gasteiger partial charge >= 0.3 is 0 Å². The van der Waals surface area contributed by atoms with Gasteiger partial charge in [-0.15, -0.1) is 0 Å². The van der Waals surface area contributed by atoms with Crippen molar-refractivity contribution in [1.29, 1.82) is 0 Å². The molecule has 94 valence electrons. The van der Waals surface area contributed by atoms with E-state index in [9.17, 15) is 0 Å². The fourth-order valence-corrected chi connectivity index (χ4v) is 1.74. The number of hydrogen-bond donors (Lipinski definition) is 1. The average Bonchev–Trinajstić information content (AvgIpc) is 2.32. The van der Waals surface area contributed by atoms with Crippen molar-refractivity contribution < 1.29 is 4.74 Å². The maximum atomic E-state index is 5.47. The third kappa shape index (κ3) is 4.23. The lowest BCUT2D eigenvalue weighted by Crippen LogP contribution is -2.14. The van der Waals surface area contributed by atoms with Gasteiger partial charge in [-0.1, -0.05) is 25.6 Å². The van der Waals surface area contributed by atoms with Crippen LogP contribution in [-0.2, 0) is 11.3 Å². The van der Waals surface area contributed by atoms with Gasteiger partial charge in [0, 0.05) is 12.1 Å². The standard InChI is InChI=1S/C15H23NO/c1-5-9-16-11-14-8-7-12(3)15(10-14)13(4)17-6-2/h7-8,10,16H,4-6,9,11H2,1-3H3. The van der Waals surface area contributed by atoms with E-state index in [0.29, 0.717) is 6.61 Å². The van der Waals surface area contributed by atoms with E-state index < -0.39 is 0 Å². The predicted octanol–water partition coefficient (Wildman–Crippen LogP) is 3.50. The molecule has 0 bridgehead atoms. The van der Waals surface area contributed by atoms with E-state index in [1.54, 1.807) is 0 Å². The van der Waals surface area contributed by atoms with Crippen molar-refractivity contribution in [2.75, 3.05) is 13.2 Å². The van der Waals surface area contributed by atoms with Gasteiger partial charge in [-0.2, -0.15) is 0 Å². The van der Waals surface area contributed by atoms with Crippen molar-refractivity contribution in [2.24, 2.45) is 0 Å². The molecule has 1 aromatic carbocycles. The Labute approximate surface area is 105 Å². The molecule has 0 saturated carbocycles. The fraction of sp³-hybridized carbons (Fsp3) is 0.467. The van der Waals surface area contributed by atoms with Gasteiger partial charge in [0.15, 0.2) is 0 Å². The summed E-state index contributed by atoms with van der Waals surface area (Å²) in [7, 11) is 0. The first-order chi connectivity index (χ1) is 8.19. The molecule has 0 radical (unpaired) electrons. The SMILES string of the molecule is C=C(OCC)c1cc(CNCCC)ccc1C. The van der Waals surface area contributed by atoms with Crippen LogP contribution in [0.2, 0.25) is 0 Å². The third-order valence-corrected chi connectivity index (χ3v) is 2.68. The summed E-state index contributed by atoms with van der Waals surface area (Å²) in [4.78, 5) is 0. The zero-order chi connectivity index (χ0) is 12.7. The Balaban J connectivity index is 2.75. The molecule has 1 rings (SSSR count). The molecule has 0 saturated heterocycles. The quantitative estimate of drug-likeness (QED) is 0.575. The summed E-state index contributed by atoms with van der Waals surface area (Å²) in [6.07, 6.45) is 1.16. The summed E-state index contributed by atoms with van der Waals surface area (Å²) in [6, 6.07) is 6.44. The number of nitrogens with one attached hydrogen (secondary N) is 1. The number of hydrogen-bond acceptors (Lipinski definition) is 2. The number of rotatable bonds is 7. The van der Waals surface area contributed by atoms with Crippen molar-refractivity contribution in [1.82, 2.24) is 5.32 Å². The normalized spacial score (nSPS) is 10.3. The molecule has 0 heterocycles. The van der Waals surface area contributed by atoms with Crippen molar-refractivity contribution in [2.45, 2.75) is 33.7 Å². The summed E-state index contributed by atoms with van der Waals surface area (Å²) < 4.78 is 5.47. The monoisotopic (exact) mass is 233 g/mol. The highest BCUT2D eigenvalue weighted by molar-refractivity contribution is 5.61. The van der Waals surface area contributed by atoms with Crippen LogP contribution >= 0.6 is 0 Å².